The van der Waals surface area contributed by atoms with Gasteiger partial charge in [0.1, 0.15) is 28.2 Å². The predicted molar refractivity (Wildman–Crippen MR) is 156 cm³/mol. The summed E-state index contributed by atoms with van der Waals surface area (Å²) in [4.78, 5) is 35.2. The first-order valence-electron chi connectivity index (χ1n) is 13.2. The molecular formula is C27H31N9O3S. The molecule has 1 saturated heterocycles. The molecule has 1 aliphatic rings. The topological polar surface area (TPSA) is 160 Å². The fourth-order valence-corrected chi connectivity index (χ4v) is 5.11. The second-order valence-corrected chi connectivity index (χ2v) is 10.0. The van der Waals surface area contributed by atoms with Gasteiger partial charge in [-0.15, -0.1) is 0 Å². The minimum atomic E-state index is -0.674. The van der Waals surface area contributed by atoms with E-state index in [1.165, 1.54) is 32.4 Å². The number of likely N-dealkylation sites (tertiary alicyclic amines) is 1. The maximum Gasteiger partial charge on any atom is 0.254 e. The number of fused-ring (bicyclic) bond motifs is 1. The van der Waals surface area contributed by atoms with E-state index in [1.54, 1.807) is 12.1 Å². The van der Waals surface area contributed by atoms with Crippen molar-refractivity contribution >= 4 is 63.4 Å². The summed E-state index contributed by atoms with van der Waals surface area (Å²) in [5.41, 5.74) is 8.86. The van der Waals surface area contributed by atoms with Crippen molar-refractivity contribution < 1.29 is 14.3 Å². The number of piperidine rings is 1. The van der Waals surface area contributed by atoms with Gasteiger partial charge >= 0.3 is 0 Å². The van der Waals surface area contributed by atoms with Crippen LogP contribution in [0.2, 0.25) is 0 Å². The van der Waals surface area contributed by atoms with Crippen molar-refractivity contribution in [1.29, 1.82) is 0 Å². The van der Waals surface area contributed by atoms with Gasteiger partial charge in [-0.3, -0.25) is 9.59 Å². The molecule has 2 aromatic heterocycles. The number of anilines is 5. The van der Waals surface area contributed by atoms with Crippen LogP contribution >= 0.6 is 11.7 Å². The number of nitrogens with two attached hydrogens (primary N) is 1. The quantitative estimate of drug-likeness (QED) is 0.195. The average molecular weight is 562 g/mol. The minimum Gasteiger partial charge on any atom is -0.491 e. The minimum absolute atomic E-state index is 0.123. The molecule has 4 aromatic rings. The summed E-state index contributed by atoms with van der Waals surface area (Å²) >= 11 is 1.09. The van der Waals surface area contributed by atoms with Crippen LogP contribution in [0.3, 0.4) is 0 Å². The number of ether oxygens (including phenoxy) is 1. The Labute approximate surface area is 235 Å². The molecular weight excluding hydrogens is 530 g/mol. The summed E-state index contributed by atoms with van der Waals surface area (Å²) < 4.78 is 14.6. The molecule has 2 aromatic carbocycles. The van der Waals surface area contributed by atoms with Crippen molar-refractivity contribution in [1.82, 2.24) is 23.6 Å². The molecule has 5 N–H and O–H groups in total. The van der Waals surface area contributed by atoms with Gasteiger partial charge in [0, 0.05) is 25.4 Å². The summed E-state index contributed by atoms with van der Waals surface area (Å²) in [5, 5.41) is 9.10. The molecule has 13 heteroatoms. The number of hydrogen-bond donors (Lipinski definition) is 4. The van der Waals surface area contributed by atoms with E-state index in [1.807, 2.05) is 24.3 Å². The molecule has 0 saturated carbocycles. The number of hydrogen-bond acceptors (Lipinski definition) is 11. The first kappa shape index (κ1) is 27.2. The largest absolute Gasteiger partial charge is 0.491 e. The number of amides is 2. The Morgan fingerprint density at radius 1 is 1.07 bits per heavy atom. The normalized spacial score (nSPS) is 13.6. The van der Waals surface area contributed by atoms with Crippen LogP contribution in [0.15, 0.2) is 42.6 Å². The summed E-state index contributed by atoms with van der Waals surface area (Å²) in [6, 6.07) is 10.8. The molecule has 3 heterocycles. The molecule has 208 valence electrons. The number of benzene rings is 2. The standard InChI is InChI=1S/C27H31N9O3S/c1-17(37)30-22-15-18(9-10-23(22)39-14-6-13-36-11-3-2-4-12-36)31-27-29-16-19(25(28)38)26(33-27)32-20-7-5-8-21-24(20)35-40-34-21/h5,7-10,15-16H,2-4,6,11-14H2,1H3,(H2,28,38)(H,30,37)(H2,29,31,32,33). The van der Waals surface area contributed by atoms with E-state index in [0.717, 1.165) is 43.3 Å². The highest BCUT2D eigenvalue weighted by atomic mass is 32.1. The van der Waals surface area contributed by atoms with Gasteiger partial charge in [0.05, 0.1) is 29.7 Å². The second-order valence-electron chi connectivity index (χ2n) is 9.50. The smallest absolute Gasteiger partial charge is 0.254 e. The van der Waals surface area contributed by atoms with Gasteiger partial charge in [0.25, 0.3) is 5.91 Å². The van der Waals surface area contributed by atoms with Gasteiger partial charge in [-0.1, -0.05) is 12.5 Å². The molecule has 0 spiro atoms. The summed E-state index contributed by atoms with van der Waals surface area (Å²) in [6.07, 6.45) is 6.09. The molecule has 5 rings (SSSR count). The SMILES string of the molecule is CC(=O)Nc1cc(Nc2ncc(C(N)=O)c(Nc3cccc4nsnc34)n2)ccc1OCCCN1CCCCC1. The number of rotatable bonds is 11. The zero-order valence-electron chi connectivity index (χ0n) is 22.1. The Kier molecular flexibility index (Phi) is 8.62. The molecule has 12 nitrogen and oxygen atoms in total. The maximum atomic E-state index is 12.1. The lowest BCUT2D eigenvalue weighted by molar-refractivity contribution is -0.114. The van der Waals surface area contributed by atoms with Crippen LogP contribution in [-0.2, 0) is 4.79 Å². The Bertz CT molecular complexity index is 1500. The average Bonchev–Trinajstić information content (AvgIpc) is 3.42. The van der Waals surface area contributed by atoms with Crippen LogP contribution in [0, 0.1) is 0 Å². The number of carbonyl (C=O) groups is 2. The van der Waals surface area contributed by atoms with Crippen molar-refractivity contribution in [3.63, 3.8) is 0 Å². The van der Waals surface area contributed by atoms with E-state index in [0.29, 0.717) is 34.9 Å². The molecule has 1 aliphatic heterocycles. The Balaban J connectivity index is 1.31. The molecule has 0 bridgehead atoms. The van der Waals surface area contributed by atoms with Gasteiger partial charge in [0.2, 0.25) is 11.9 Å². The van der Waals surface area contributed by atoms with E-state index in [9.17, 15) is 9.59 Å². The Morgan fingerprint density at radius 3 is 2.73 bits per heavy atom. The van der Waals surface area contributed by atoms with E-state index in [4.69, 9.17) is 10.5 Å². The van der Waals surface area contributed by atoms with Crippen molar-refractivity contribution in [2.24, 2.45) is 5.73 Å². The maximum absolute atomic E-state index is 12.1. The van der Waals surface area contributed by atoms with Crippen LogP contribution in [0.5, 0.6) is 5.75 Å². The van der Waals surface area contributed by atoms with Gasteiger partial charge in [0.15, 0.2) is 0 Å². The Morgan fingerprint density at radius 2 is 1.93 bits per heavy atom. The third-order valence-electron chi connectivity index (χ3n) is 6.46. The van der Waals surface area contributed by atoms with Crippen LogP contribution in [0.25, 0.3) is 11.0 Å². The number of carbonyl (C=O) groups excluding carboxylic acids is 2. The first-order valence-corrected chi connectivity index (χ1v) is 13.9. The summed E-state index contributed by atoms with van der Waals surface area (Å²) in [5.74, 6) is 0.139. The highest BCUT2D eigenvalue weighted by molar-refractivity contribution is 7.00. The van der Waals surface area contributed by atoms with Crippen molar-refractivity contribution in [3.8, 4) is 5.75 Å². The highest BCUT2D eigenvalue weighted by Crippen LogP contribution is 2.31. The highest BCUT2D eigenvalue weighted by Gasteiger charge is 2.16. The van der Waals surface area contributed by atoms with Gasteiger partial charge < -0.3 is 31.3 Å². The lowest BCUT2D eigenvalue weighted by Crippen LogP contribution is -2.31. The molecule has 0 atom stereocenters. The Hall–Kier alpha value is -4.36. The van der Waals surface area contributed by atoms with Crippen molar-refractivity contribution in [2.75, 3.05) is 42.2 Å². The molecule has 0 unspecified atom stereocenters. The van der Waals surface area contributed by atoms with Crippen molar-refractivity contribution in [2.45, 2.75) is 32.6 Å². The van der Waals surface area contributed by atoms with Gasteiger partial charge in [-0.25, -0.2) is 4.98 Å². The molecule has 1 fully saturated rings. The number of aromatic nitrogens is 4. The molecule has 2 amide bonds. The second kappa shape index (κ2) is 12.7. The van der Waals surface area contributed by atoms with Crippen molar-refractivity contribution in [3.05, 3.63) is 48.2 Å². The first-order chi connectivity index (χ1) is 19.5. The zero-order valence-corrected chi connectivity index (χ0v) is 23.0. The fourth-order valence-electron chi connectivity index (χ4n) is 4.56. The van der Waals surface area contributed by atoms with E-state index in [-0.39, 0.29) is 23.2 Å². The molecule has 0 aliphatic carbocycles. The molecule has 40 heavy (non-hydrogen) atoms. The third kappa shape index (κ3) is 6.79. The fraction of sp³-hybridized carbons (Fsp3) is 0.333. The monoisotopic (exact) mass is 561 g/mol. The zero-order chi connectivity index (χ0) is 27.9. The molecule has 0 radical (unpaired) electrons. The predicted octanol–water partition coefficient (Wildman–Crippen LogP) is 4.28. The number of primary amides is 1. The lowest BCUT2D eigenvalue weighted by Gasteiger charge is -2.26. The van der Waals surface area contributed by atoms with Crippen LogP contribution in [0.1, 0.15) is 43.0 Å². The van der Waals surface area contributed by atoms with E-state index in [2.05, 4.69) is 39.6 Å². The van der Waals surface area contributed by atoms with Gasteiger partial charge in [-0.2, -0.15) is 13.7 Å². The van der Waals surface area contributed by atoms with Gasteiger partial charge in [-0.05, 0) is 62.7 Å². The lowest BCUT2D eigenvalue weighted by atomic mass is 10.1. The van der Waals surface area contributed by atoms with Crippen LogP contribution in [0.4, 0.5) is 28.8 Å². The summed E-state index contributed by atoms with van der Waals surface area (Å²) in [7, 11) is 0. The third-order valence-corrected chi connectivity index (χ3v) is 7.01. The van der Waals surface area contributed by atoms with E-state index < -0.39 is 5.91 Å². The van der Waals surface area contributed by atoms with Crippen LogP contribution in [-0.4, -0.2) is 61.7 Å². The summed E-state index contributed by atoms with van der Waals surface area (Å²) in [6.45, 7) is 5.29. The van der Waals surface area contributed by atoms with Crippen LogP contribution < -0.4 is 26.4 Å². The van der Waals surface area contributed by atoms with E-state index >= 15 is 0 Å². The number of nitrogens with one attached hydrogen (secondary N) is 3. The number of nitrogens with zero attached hydrogens (tertiary/aromatic N) is 5.